The number of fused-ring (bicyclic) bond motifs is 12. The fourth-order valence-corrected chi connectivity index (χ4v) is 12.2. The Morgan fingerprint density at radius 3 is 2.04 bits per heavy atom. The van der Waals surface area contributed by atoms with Crippen molar-refractivity contribution in [3.8, 4) is 16.8 Å². The van der Waals surface area contributed by atoms with E-state index in [9.17, 15) is 0 Å². The molecule has 1 aromatic heterocycles. The van der Waals surface area contributed by atoms with E-state index in [1.165, 1.54) is 82.0 Å². The fourth-order valence-electron chi connectivity index (χ4n) is 8.97. The molecule has 0 N–H and O–H groups in total. The van der Waals surface area contributed by atoms with Gasteiger partial charge in [-0.25, -0.2) is 0 Å². The first-order chi connectivity index (χ1) is 22.1. The molecule has 10 rings (SSSR count). The van der Waals surface area contributed by atoms with E-state index in [4.69, 9.17) is 0 Å². The first kappa shape index (κ1) is 25.2. The summed E-state index contributed by atoms with van der Waals surface area (Å²) in [6, 6.07) is 57.5. The molecule has 2 aliphatic heterocycles. The van der Waals surface area contributed by atoms with E-state index in [0.717, 1.165) is 0 Å². The molecule has 0 saturated carbocycles. The van der Waals surface area contributed by atoms with E-state index < -0.39 is 13.5 Å². The van der Waals surface area contributed by atoms with Gasteiger partial charge < -0.3 is 4.57 Å². The number of benzene rings is 7. The second-order valence-corrected chi connectivity index (χ2v) is 17.6. The molecule has 0 bridgehead atoms. The zero-order valence-electron chi connectivity index (χ0n) is 25.4. The van der Waals surface area contributed by atoms with Gasteiger partial charge in [-0.1, -0.05) is 147 Å². The van der Waals surface area contributed by atoms with E-state index in [1.807, 2.05) is 0 Å². The first-order valence-electron chi connectivity index (χ1n) is 16.0. The van der Waals surface area contributed by atoms with E-state index in [2.05, 4.69) is 169 Å². The van der Waals surface area contributed by atoms with Gasteiger partial charge in [-0.15, -0.1) is 0 Å². The second kappa shape index (κ2) is 8.71. The molecule has 3 heterocycles. The maximum Gasteiger partial charge on any atom is 0.113 e. The van der Waals surface area contributed by atoms with Crippen LogP contribution >= 0.6 is 0 Å². The Kier molecular flexibility index (Phi) is 4.87. The predicted octanol–water partition coefficient (Wildman–Crippen LogP) is 9.44. The highest BCUT2D eigenvalue weighted by Crippen LogP contribution is 2.55. The van der Waals surface area contributed by atoms with Crippen molar-refractivity contribution in [3.05, 3.63) is 174 Å². The van der Waals surface area contributed by atoms with Gasteiger partial charge in [0.25, 0.3) is 0 Å². The molecule has 7 aromatic carbocycles. The highest BCUT2D eigenvalue weighted by molar-refractivity contribution is 7.01. The molecular weight excluding hydrogens is 559 g/mol. The minimum Gasteiger partial charge on any atom is -0.309 e. The monoisotopic (exact) mass is 589 g/mol. The third-order valence-corrected chi connectivity index (χ3v) is 14.4. The number of rotatable bonds is 1. The smallest absolute Gasteiger partial charge is 0.113 e. The number of aromatic nitrogens is 1. The van der Waals surface area contributed by atoms with Crippen LogP contribution in [-0.2, 0) is 5.41 Å². The number of hydrogen-bond donors (Lipinski definition) is 0. The Morgan fingerprint density at radius 1 is 0.489 bits per heavy atom. The SMILES string of the molecule is C[Si]1(C)c2ccccc2C2(c3ccccc3-n3c4ccccc4c4cccc2c43)c2cc(-c3cccc4ccccc34)ccc21. The average Bonchev–Trinajstić information content (AvgIpc) is 3.43. The molecule has 0 amide bonds. The van der Waals surface area contributed by atoms with Crippen molar-refractivity contribution in [2.45, 2.75) is 18.5 Å². The molecule has 0 radical (unpaired) electrons. The van der Waals surface area contributed by atoms with Crippen molar-refractivity contribution < 1.29 is 0 Å². The van der Waals surface area contributed by atoms with Crippen LogP contribution < -0.4 is 10.4 Å². The fraction of sp³-hybridized carbons (Fsp3) is 0.0698. The second-order valence-electron chi connectivity index (χ2n) is 13.3. The van der Waals surface area contributed by atoms with Crippen molar-refractivity contribution in [2.75, 3.05) is 0 Å². The first-order valence-corrected chi connectivity index (χ1v) is 19.0. The lowest BCUT2D eigenvalue weighted by molar-refractivity contribution is 0.732. The molecule has 0 aliphatic carbocycles. The van der Waals surface area contributed by atoms with Crippen LogP contribution in [0, 0.1) is 0 Å². The summed E-state index contributed by atoms with van der Waals surface area (Å²) >= 11 is 0. The average molecular weight is 590 g/mol. The van der Waals surface area contributed by atoms with Crippen LogP contribution in [0.4, 0.5) is 0 Å². The van der Waals surface area contributed by atoms with Gasteiger partial charge in [-0.3, -0.25) is 0 Å². The molecule has 0 saturated heterocycles. The third-order valence-electron chi connectivity index (χ3n) is 10.8. The van der Waals surface area contributed by atoms with Gasteiger partial charge >= 0.3 is 0 Å². The minimum atomic E-state index is -2.05. The van der Waals surface area contributed by atoms with Gasteiger partial charge in [0.15, 0.2) is 0 Å². The quantitative estimate of drug-likeness (QED) is 0.168. The van der Waals surface area contributed by atoms with E-state index >= 15 is 0 Å². The summed E-state index contributed by atoms with van der Waals surface area (Å²) in [5, 5.41) is 8.27. The number of nitrogens with zero attached hydrogens (tertiary/aromatic N) is 1. The van der Waals surface area contributed by atoms with E-state index in [1.54, 1.807) is 0 Å². The van der Waals surface area contributed by atoms with Crippen LogP contribution in [0.1, 0.15) is 22.3 Å². The van der Waals surface area contributed by atoms with Gasteiger partial charge in [-0.2, -0.15) is 0 Å². The van der Waals surface area contributed by atoms with E-state index in [-0.39, 0.29) is 0 Å². The van der Waals surface area contributed by atoms with Gasteiger partial charge in [0, 0.05) is 10.8 Å². The van der Waals surface area contributed by atoms with Crippen LogP contribution in [0.25, 0.3) is 49.4 Å². The molecule has 8 aromatic rings. The maximum absolute atomic E-state index is 2.57. The summed E-state index contributed by atoms with van der Waals surface area (Å²) < 4.78 is 2.54. The van der Waals surface area contributed by atoms with Crippen LogP contribution in [0.15, 0.2) is 152 Å². The number of para-hydroxylation sites is 3. The summed E-state index contributed by atoms with van der Waals surface area (Å²) in [5.74, 6) is 0. The van der Waals surface area contributed by atoms with Crippen molar-refractivity contribution in [1.29, 1.82) is 0 Å². The minimum absolute atomic E-state index is 0.449. The molecule has 1 spiro atoms. The van der Waals surface area contributed by atoms with Crippen molar-refractivity contribution in [2.24, 2.45) is 0 Å². The summed E-state index contributed by atoms with van der Waals surface area (Å²) in [6.45, 7) is 5.09. The van der Waals surface area contributed by atoms with E-state index in [0.29, 0.717) is 0 Å². The largest absolute Gasteiger partial charge is 0.309 e. The topological polar surface area (TPSA) is 4.93 Å². The Labute approximate surface area is 264 Å². The highest BCUT2D eigenvalue weighted by Gasteiger charge is 2.53. The molecular formula is C43H31NSi. The summed E-state index contributed by atoms with van der Waals surface area (Å²) in [5.41, 5.74) is 11.6. The Hall–Kier alpha value is -5.18. The Balaban J connectivity index is 1.43. The normalized spacial score (nSPS) is 17.4. The molecule has 1 unspecified atom stereocenters. The lowest BCUT2D eigenvalue weighted by atomic mass is 9.62. The molecule has 45 heavy (non-hydrogen) atoms. The zero-order valence-corrected chi connectivity index (χ0v) is 26.4. The Bertz CT molecular complexity index is 2530. The molecule has 2 aliphatic rings. The maximum atomic E-state index is 2.57. The van der Waals surface area contributed by atoms with Crippen LogP contribution in [-0.4, -0.2) is 12.6 Å². The standard InChI is InChI=1S/C43H31NSi/c1-45(2)40-24-10-7-20-35(40)43(37-27-29(25-26-41(37)45)31-17-11-14-28-13-3-4-15-30(28)31)34-19-6-9-23-39(34)44-38-22-8-5-16-32(38)33-18-12-21-36(43)42(33)44/h3-27H,1-2H3. The lowest BCUT2D eigenvalue weighted by Crippen LogP contribution is -2.63. The molecule has 2 heteroatoms. The van der Waals surface area contributed by atoms with Crippen molar-refractivity contribution in [1.82, 2.24) is 4.57 Å². The molecule has 1 atom stereocenters. The summed E-state index contributed by atoms with van der Waals surface area (Å²) in [7, 11) is -2.05. The van der Waals surface area contributed by atoms with Crippen molar-refractivity contribution >= 4 is 51.0 Å². The van der Waals surface area contributed by atoms with Crippen LogP contribution in [0.3, 0.4) is 0 Å². The number of hydrogen-bond acceptors (Lipinski definition) is 0. The van der Waals surface area contributed by atoms with Crippen molar-refractivity contribution in [3.63, 3.8) is 0 Å². The van der Waals surface area contributed by atoms with Crippen LogP contribution in [0.2, 0.25) is 13.1 Å². The Morgan fingerprint density at radius 2 is 1.13 bits per heavy atom. The molecule has 1 nitrogen and oxygen atoms in total. The summed E-state index contributed by atoms with van der Waals surface area (Å²) in [6.07, 6.45) is 0. The zero-order chi connectivity index (χ0) is 29.9. The van der Waals surface area contributed by atoms with Gasteiger partial charge in [-0.05, 0) is 72.7 Å². The third kappa shape index (κ3) is 3.03. The van der Waals surface area contributed by atoms with Gasteiger partial charge in [0.1, 0.15) is 8.07 Å². The lowest BCUT2D eigenvalue weighted by Gasteiger charge is -2.49. The summed E-state index contributed by atoms with van der Waals surface area (Å²) in [4.78, 5) is 0. The molecule has 212 valence electrons. The predicted molar refractivity (Wildman–Crippen MR) is 192 cm³/mol. The highest BCUT2D eigenvalue weighted by atomic mass is 28.3. The van der Waals surface area contributed by atoms with Gasteiger partial charge in [0.05, 0.1) is 22.1 Å². The van der Waals surface area contributed by atoms with Gasteiger partial charge in [0.2, 0.25) is 0 Å². The molecule has 0 fully saturated rings. The van der Waals surface area contributed by atoms with Crippen LogP contribution in [0.5, 0.6) is 0 Å².